The second-order valence-electron chi connectivity index (χ2n) is 6.64. The zero-order chi connectivity index (χ0) is 21.6. The lowest BCUT2D eigenvalue weighted by Crippen LogP contribution is -2.19. The summed E-state index contributed by atoms with van der Waals surface area (Å²) in [7, 11) is 1.61. The van der Waals surface area contributed by atoms with Gasteiger partial charge < -0.3 is 14.8 Å². The van der Waals surface area contributed by atoms with Crippen LogP contribution in [0.15, 0.2) is 82.7 Å². The van der Waals surface area contributed by atoms with E-state index in [1.54, 1.807) is 7.11 Å². The van der Waals surface area contributed by atoms with Crippen molar-refractivity contribution in [2.75, 3.05) is 7.11 Å². The van der Waals surface area contributed by atoms with Crippen molar-refractivity contribution in [2.24, 2.45) is 4.99 Å². The first-order valence-corrected chi connectivity index (χ1v) is 10.7. The molecule has 1 amide bonds. The van der Waals surface area contributed by atoms with E-state index >= 15 is 0 Å². The molecule has 7 heteroatoms. The molecule has 1 N–H and O–H groups in total. The van der Waals surface area contributed by atoms with E-state index in [1.165, 1.54) is 11.8 Å². The molecule has 0 unspecified atom stereocenters. The number of halogens is 1. The van der Waals surface area contributed by atoms with Gasteiger partial charge in [0.25, 0.3) is 5.91 Å². The quantitative estimate of drug-likeness (QED) is 0.481. The van der Waals surface area contributed by atoms with Crippen molar-refractivity contribution in [1.82, 2.24) is 5.32 Å². The summed E-state index contributed by atoms with van der Waals surface area (Å²) in [4.78, 5) is 17.5. The maximum absolute atomic E-state index is 12.5. The van der Waals surface area contributed by atoms with Gasteiger partial charge in [-0.25, -0.2) is 4.99 Å². The van der Waals surface area contributed by atoms with Crippen molar-refractivity contribution in [1.29, 1.82) is 0 Å². The molecule has 1 saturated heterocycles. The van der Waals surface area contributed by atoms with Crippen molar-refractivity contribution in [3.05, 3.63) is 93.9 Å². The fourth-order valence-electron chi connectivity index (χ4n) is 2.91. The molecule has 5 nitrogen and oxygen atoms in total. The molecule has 0 bridgehead atoms. The fourth-order valence-corrected chi connectivity index (χ4v) is 3.96. The Balaban J connectivity index is 1.50. The average Bonchev–Trinajstić information content (AvgIpc) is 3.12. The molecule has 0 spiro atoms. The third-order valence-corrected chi connectivity index (χ3v) is 5.59. The van der Waals surface area contributed by atoms with E-state index in [0.29, 0.717) is 27.5 Å². The summed E-state index contributed by atoms with van der Waals surface area (Å²) in [5, 5.41) is 4.00. The fraction of sp³-hybridized carbons (Fsp3) is 0.0833. The van der Waals surface area contributed by atoms with Crippen LogP contribution in [-0.4, -0.2) is 18.2 Å². The Morgan fingerprint density at radius 2 is 1.87 bits per heavy atom. The third-order valence-electron chi connectivity index (χ3n) is 4.44. The van der Waals surface area contributed by atoms with Gasteiger partial charge in [0.15, 0.2) is 5.17 Å². The molecule has 0 saturated carbocycles. The molecule has 3 aromatic carbocycles. The van der Waals surface area contributed by atoms with Gasteiger partial charge in [-0.3, -0.25) is 4.79 Å². The Labute approximate surface area is 189 Å². The Kier molecular flexibility index (Phi) is 6.60. The highest BCUT2D eigenvalue weighted by Crippen LogP contribution is 2.31. The lowest BCUT2D eigenvalue weighted by atomic mass is 10.2. The van der Waals surface area contributed by atoms with Crippen LogP contribution in [0.5, 0.6) is 11.5 Å². The molecule has 156 valence electrons. The van der Waals surface area contributed by atoms with Crippen LogP contribution in [0, 0.1) is 0 Å². The van der Waals surface area contributed by atoms with E-state index in [9.17, 15) is 4.79 Å². The summed E-state index contributed by atoms with van der Waals surface area (Å²) in [5.41, 5.74) is 2.51. The summed E-state index contributed by atoms with van der Waals surface area (Å²) in [6, 6.07) is 22.4. The van der Waals surface area contributed by atoms with E-state index in [-0.39, 0.29) is 5.91 Å². The maximum atomic E-state index is 12.5. The van der Waals surface area contributed by atoms with Gasteiger partial charge in [-0.2, -0.15) is 0 Å². The molecule has 0 atom stereocenters. The molecule has 1 aliphatic heterocycles. The highest BCUT2D eigenvalue weighted by Gasteiger charge is 2.24. The highest BCUT2D eigenvalue weighted by atomic mass is 35.5. The minimum atomic E-state index is -0.193. The summed E-state index contributed by atoms with van der Waals surface area (Å²) >= 11 is 7.33. The molecule has 4 rings (SSSR count). The zero-order valence-electron chi connectivity index (χ0n) is 16.7. The number of carbonyl (C=O) groups is 1. The Morgan fingerprint density at radius 1 is 1.06 bits per heavy atom. The largest absolute Gasteiger partial charge is 0.497 e. The zero-order valence-corrected chi connectivity index (χ0v) is 18.2. The van der Waals surface area contributed by atoms with Gasteiger partial charge in [0.05, 0.1) is 17.7 Å². The number of methoxy groups -OCH3 is 1. The number of hydrogen-bond acceptors (Lipinski definition) is 5. The molecule has 31 heavy (non-hydrogen) atoms. The van der Waals surface area contributed by atoms with Crippen LogP contribution in [0.4, 0.5) is 5.69 Å². The van der Waals surface area contributed by atoms with Crippen LogP contribution in [0.1, 0.15) is 11.1 Å². The van der Waals surface area contributed by atoms with Crippen LogP contribution < -0.4 is 14.8 Å². The number of nitrogens with one attached hydrogen (secondary N) is 1. The highest BCUT2D eigenvalue weighted by molar-refractivity contribution is 8.18. The van der Waals surface area contributed by atoms with Gasteiger partial charge in [0, 0.05) is 10.6 Å². The predicted molar refractivity (Wildman–Crippen MR) is 126 cm³/mol. The van der Waals surface area contributed by atoms with Crippen molar-refractivity contribution >= 4 is 46.2 Å². The monoisotopic (exact) mass is 450 g/mol. The number of rotatable bonds is 6. The molecular weight excluding hydrogens is 432 g/mol. The first-order valence-electron chi connectivity index (χ1n) is 9.50. The van der Waals surface area contributed by atoms with Gasteiger partial charge >= 0.3 is 0 Å². The van der Waals surface area contributed by atoms with Crippen LogP contribution in [0.3, 0.4) is 0 Å². The minimum absolute atomic E-state index is 0.193. The summed E-state index contributed by atoms with van der Waals surface area (Å²) in [6.45, 7) is 0.379. The number of carbonyl (C=O) groups excluding carboxylic acids is 1. The van der Waals surface area contributed by atoms with Crippen LogP contribution in [0.2, 0.25) is 5.02 Å². The predicted octanol–water partition coefficient (Wildman–Crippen LogP) is 5.82. The number of thioether (sulfide) groups is 1. The standard InChI is InChI=1S/C24H19ClN2O3S/c1-29-20-11-9-19(10-12-20)26-24-27-23(28)22(31-24)14-17-6-2-3-8-21(17)30-15-16-5-4-7-18(25)13-16/h2-14H,15H2,1H3,(H,26,27,28)/b22-14-. The first-order chi connectivity index (χ1) is 15.1. The molecule has 0 aromatic heterocycles. The van der Waals surface area contributed by atoms with Crippen molar-refractivity contribution in [2.45, 2.75) is 6.61 Å². The molecule has 1 fully saturated rings. The number of ether oxygens (including phenoxy) is 2. The van der Waals surface area contributed by atoms with Gasteiger partial charge in [-0.1, -0.05) is 41.9 Å². The molecule has 1 aliphatic rings. The Bertz CT molecular complexity index is 1160. The maximum Gasteiger partial charge on any atom is 0.264 e. The number of para-hydroxylation sites is 1. The van der Waals surface area contributed by atoms with Gasteiger partial charge in [-0.05, 0) is 65.9 Å². The van der Waals surface area contributed by atoms with Gasteiger partial charge in [-0.15, -0.1) is 0 Å². The topological polar surface area (TPSA) is 59.9 Å². The minimum Gasteiger partial charge on any atom is -0.497 e. The van der Waals surface area contributed by atoms with Crippen LogP contribution in [-0.2, 0) is 11.4 Å². The van der Waals surface area contributed by atoms with Crippen molar-refractivity contribution < 1.29 is 14.3 Å². The summed E-state index contributed by atoms with van der Waals surface area (Å²) < 4.78 is 11.1. The lowest BCUT2D eigenvalue weighted by Gasteiger charge is -2.09. The summed E-state index contributed by atoms with van der Waals surface area (Å²) in [5.74, 6) is 1.24. The van der Waals surface area contributed by atoms with E-state index in [0.717, 1.165) is 22.6 Å². The van der Waals surface area contributed by atoms with Crippen LogP contribution >= 0.6 is 23.4 Å². The van der Waals surface area contributed by atoms with E-state index in [1.807, 2.05) is 78.9 Å². The average molecular weight is 451 g/mol. The molecule has 3 aromatic rings. The Hall–Kier alpha value is -3.22. The van der Waals surface area contributed by atoms with Gasteiger partial charge in [0.2, 0.25) is 0 Å². The smallest absolute Gasteiger partial charge is 0.264 e. The second kappa shape index (κ2) is 9.73. The lowest BCUT2D eigenvalue weighted by molar-refractivity contribution is -0.115. The number of benzene rings is 3. The molecular formula is C24H19ClN2O3S. The molecule has 0 radical (unpaired) electrons. The second-order valence-corrected chi connectivity index (χ2v) is 8.10. The number of amidine groups is 1. The third kappa shape index (κ3) is 5.48. The number of aliphatic imine (C=N–C) groups is 1. The first kappa shape index (κ1) is 21.0. The van der Waals surface area contributed by atoms with Gasteiger partial charge in [0.1, 0.15) is 18.1 Å². The number of nitrogens with zero attached hydrogens (tertiary/aromatic N) is 1. The SMILES string of the molecule is COc1ccc(N=C2NC(=O)/C(=C/c3ccccc3OCc3cccc(Cl)c3)S2)cc1. The molecule has 1 heterocycles. The number of hydrogen-bond donors (Lipinski definition) is 1. The number of amides is 1. The van der Waals surface area contributed by atoms with Crippen LogP contribution in [0.25, 0.3) is 6.08 Å². The normalized spacial score (nSPS) is 15.9. The van der Waals surface area contributed by atoms with E-state index < -0.39 is 0 Å². The van der Waals surface area contributed by atoms with E-state index in [4.69, 9.17) is 21.1 Å². The van der Waals surface area contributed by atoms with Crippen molar-refractivity contribution in [3.8, 4) is 11.5 Å². The van der Waals surface area contributed by atoms with Crippen molar-refractivity contribution in [3.63, 3.8) is 0 Å². The molecule has 0 aliphatic carbocycles. The summed E-state index contributed by atoms with van der Waals surface area (Å²) in [6.07, 6.45) is 1.81. The van der Waals surface area contributed by atoms with E-state index in [2.05, 4.69) is 10.3 Å². The Morgan fingerprint density at radius 3 is 2.65 bits per heavy atom.